The third-order valence-corrected chi connectivity index (χ3v) is 6.49. The first-order chi connectivity index (χ1) is 12.6. The summed E-state index contributed by atoms with van der Waals surface area (Å²) >= 11 is 0. The summed E-state index contributed by atoms with van der Waals surface area (Å²) in [6, 6.07) is 13.1. The molecule has 2 aliphatic rings. The van der Waals surface area contributed by atoms with Gasteiger partial charge in [-0.15, -0.1) is 0 Å². The highest BCUT2D eigenvalue weighted by Gasteiger charge is 2.21. The molecule has 6 heteroatoms. The van der Waals surface area contributed by atoms with E-state index in [1.165, 1.54) is 17.5 Å². The van der Waals surface area contributed by atoms with E-state index >= 15 is 0 Å². The second kappa shape index (κ2) is 7.29. The molecule has 5 nitrogen and oxygen atoms in total. The Kier molecular flexibility index (Phi) is 4.87. The fourth-order valence-corrected chi connectivity index (χ4v) is 4.85. The van der Waals surface area contributed by atoms with Gasteiger partial charge in [0, 0.05) is 13.1 Å². The van der Waals surface area contributed by atoms with Crippen LogP contribution in [0.1, 0.15) is 24.0 Å². The van der Waals surface area contributed by atoms with Crippen molar-refractivity contribution in [2.24, 2.45) is 0 Å². The van der Waals surface area contributed by atoms with Crippen molar-refractivity contribution in [1.82, 2.24) is 0 Å². The number of hydrogen-bond acceptors (Lipinski definition) is 4. The molecule has 1 fully saturated rings. The summed E-state index contributed by atoms with van der Waals surface area (Å²) in [5.41, 5.74) is 3.97. The van der Waals surface area contributed by atoms with E-state index < -0.39 is 10.0 Å². The minimum Gasteiger partial charge on any atom is -0.378 e. The van der Waals surface area contributed by atoms with Gasteiger partial charge in [0.15, 0.2) is 0 Å². The smallest absolute Gasteiger partial charge is 0.261 e. The summed E-state index contributed by atoms with van der Waals surface area (Å²) in [5, 5.41) is 0. The summed E-state index contributed by atoms with van der Waals surface area (Å²) in [7, 11) is -3.62. The number of anilines is 2. The van der Waals surface area contributed by atoms with Crippen LogP contribution in [0.5, 0.6) is 0 Å². The van der Waals surface area contributed by atoms with Gasteiger partial charge in [-0.2, -0.15) is 0 Å². The molecule has 0 atom stereocenters. The summed E-state index contributed by atoms with van der Waals surface area (Å²) in [5.74, 6) is 0. The first-order valence-electron chi connectivity index (χ1n) is 9.20. The van der Waals surface area contributed by atoms with E-state index in [1.807, 2.05) is 36.4 Å². The van der Waals surface area contributed by atoms with Crippen LogP contribution in [0.4, 0.5) is 11.4 Å². The van der Waals surface area contributed by atoms with Crippen LogP contribution in [-0.2, 0) is 27.6 Å². The Bertz CT molecular complexity index is 890. The molecule has 1 heterocycles. The number of ether oxygens (including phenoxy) is 1. The maximum absolute atomic E-state index is 13.0. The zero-order valence-corrected chi connectivity index (χ0v) is 15.6. The number of rotatable bonds is 4. The average Bonchev–Trinajstić information content (AvgIpc) is 2.68. The molecule has 1 aliphatic heterocycles. The van der Waals surface area contributed by atoms with E-state index in [4.69, 9.17) is 4.74 Å². The van der Waals surface area contributed by atoms with E-state index in [0.717, 1.165) is 38.0 Å². The van der Waals surface area contributed by atoms with E-state index in [2.05, 4.69) is 9.62 Å². The summed E-state index contributed by atoms with van der Waals surface area (Å²) in [4.78, 5) is 2.50. The molecule has 4 rings (SSSR count). The van der Waals surface area contributed by atoms with Crippen LogP contribution in [0.25, 0.3) is 0 Å². The van der Waals surface area contributed by atoms with Crippen LogP contribution in [0.3, 0.4) is 0 Å². The van der Waals surface area contributed by atoms with Crippen molar-refractivity contribution in [1.29, 1.82) is 0 Å². The second-order valence-electron chi connectivity index (χ2n) is 6.86. The van der Waals surface area contributed by atoms with Crippen molar-refractivity contribution >= 4 is 21.4 Å². The molecule has 0 aromatic heterocycles. The Morgan fingerprint density at radius 3 is 2.46 bits per heavy atom. The van der Waals surface area contributed by atoms with Crippen LogP contribution in [0.2, 0.25) is 0 Å². The number of morpholine rings is 1. The summed E-state index contributed by atoms with van der Waals surface area (Å²) < 4.78 is 34.1. The molecular weight excluding hydrogens is 348 g/mol. The Morgan fingerprint density at radius 2 is 1.65 bits per heavy atom. The maximum atomic E-state index is 13.0. The van der Waals surface area contributed by atoms with Crippen LogP contribution >= 0.6 is 0 Å². The zero-order chi connectivity index (χ0) is 18.0. The van der Waals surface area contributed by atoms with Gasteiger partial charge < -0.3 is 9.64 Å². The first-order valence-corrected chi connectivity index (χ1v) is 10.7. The predicted molar refractivity (Wildman–Crippen MR) is 103 cm³/mol. The molecule has 2 aromatic carbocycles. The van der Waals surface area contributed by atoms with E-state index in [-0.39, 0.29) is 0 Å². The molecule has 0 radical (unpaired) electrons. The standard InChI is InChI=1S/C20H24N2O3S/c23-26(24,18-10-9-16-5-1-2-6-17(16)15-18)21-19-7-3-4-8-20(19)22-11-13-25-14-12-22/h3-4,7-10,15,21H,1-2,5-6,11-14H2. The average molecular weight is 372 g/mol. The lowest BCUT2D eigenvalue weighted by Crippen LogP contribution is -2.36. The fourth-order valence-electron chi connectivity index (χ4n) is 3.72. The van der Waals surface area contributed by atoms with Crippen molar-refractivity contribution in [3.63, 3.8) is 0 Å². The Hall–Kier alpha value is -2.05. The van der Waals surface area contributed by atoms with Crippen molar-refractivity contribution in [3.05, 3.63) is 53.6 Å². The number of nitrogens with zero attached hydrogens (tertiary/aromatic N) is 1. The molecule has 1 saturated heterocycles. The lowest BCUT2D eigenvalue weighted by Gasteiger charge is -2.30. The van der Waals surface area contributed by atoms with Crippen LogP contribution in [0.15, 0.2) is 47.4 Å². The third-order valence-electron chi connectivity index (χ3n) is 5.13. The minimum absolute atomic E-state index is 0.343. The minimum atomic E-state index is -3.62. The number of hydrogen-bond donors (Lipinski definition) is 1. The number of para-hydroxylation sites is 2. The topological polar surface area (TPSA) is 58.6 Å². The van der Waals surface area contributed by atoms with E-state index in [0.29, 0.717) is 23.8 Å². The summed E-state index contributed by atoms with van der Waals surface area (Å²) in [6.45, 7) is 2.84. The zero-order valence-electron chi connectivity index (χ0n) is 14.8. The quantitative estimate of drug-likeness (QED) is 0.895. The van der Waals surface area contributed by atoms with Crippen LogP contribution in [-0.4, -0.2) is 34.7 Å². The van der Waals surface area contributed by atoms with Crippen LogP contribution in [0, 0.1) is 0 Å². The molecule has 1 aliphatic carbocycles. The molecule has 0 spiro atoms. The van der Waals surface area contributed by atoms with Crippen molar-refractivity contribution in [2.45, 2.75) is 30.6 Å². The molecule has 138 valence electrons. The predicted octanol–water partition coefficient (Wildman–Crippen LogP) is 3.20. The SMILES string of the molecule is O=S(=O)(Nc1ccccc1N1CCOCC1)c1ccc2c(c1)CCCC2. The van der Waals surface area contributed by atoms with Gasteiger partial charge in [-0.1, -0.05) is 18.2 Å². The normalized spacial score (nSPS) is 17.6. The van der Waals surface area contributed by atoms with Gasteiger partial charge >= 0.3 is 0 Å². The molecule has 1 N–H and O–H groups in total. The molecule has 2 aromatic rings. The van der Waals surface area contributed by atoms with Crippen molar-refractivity contribution in [2.75, 3.05) is 35.9 Å². The molecule has 0 amide bonds. The monoisotopic (exact) mass is 372 g/mol. The number of benzene rings is 2. The van der Waals surface area contributed by atoms with Gasteiger partial charge in [-0.25, -0.2) is 8.42 Å². The summed E-state index contributed by atoms with van der Waals surface area (Å²) in [6.07, 6.45) is 4.32. The number of sulfonamides is 1. The van der Waals surface area contributed by atoms with E-state index in [1.54, 1.807) is 6.07 Å². The Labute approximate surface area is 155 Å². The lowest BCUT2D eigenvalue weighted by atomic mass is 9.92. The van der Waals surface area contributed by atoms with Gasteiger partial charge in [0.2, 0.25) is 0 Å². The van der Waals surface area contributed by atoms with Gasteiger partial charge in [0.05, 0.1) is 29.5 Å². The van der Waals surface area contributed by atoms with E-state index in [9.17, 15) is 8.42 Å². The van der Waals surface area contributed by atoms with Gasteiger partial charge in [-0.05, 0) is 61.1 Å². The van der Waals surface area contributed by atoms with Crippen molar-refractivity contribution < 1.29 is 13.2 Å². The number of nitrogens with one attached hydrogen (secondary N) is 1. The molecule has 0 bridgehead atoms. The molecular formula is C20H24N2O3S. The third kappa shape index (κ3) is 3.57. The largest absolute Gasteiger partial charge is 0.378 e. The molecule has 26 heavy (non-hydrogen) atoms. The van der Waals surface area contributed by atoms with Crippen LogP contribution < -0.4 is 9.62 Å². The number of fused-ring (bicyclic) bond motifs is 1. The number of aryl methyl sites for hydroxylation is 2. The highest BCUT2D eigenvalue weighted by atomic mass is 32.2. The second-order valence-corrected chi connectivity index (χ2v) is 8.54. The fraction of sp³-hybridized carbons (Fsp3) is 0.400. The Morgan fingerprint density at radius 1 is 0.923 bits per heavy atom. The van der Waals surface area contributed by atoms with Gasteiger partial charge in [-0.3, -0.25) is 4.72 Å². The molecule has 0 saturated carbocycles. The molecule has 0 unspecified atom stereocenters. The van der Waals surface area contributed by atoms with Gasteiger partial charge in [0.1, 0.15) is 0 Å². The highest BCUT2D eigenvalue weighted by molar-refractivity contribution is 7.92. The Balaban J connectivity index is 1.62. The van der Waals surface area contributed by atoms with Gasteiger partial charge in [0.25, 0.3) is 10.0 Å². The van der Waals surface area contributed by atoms with Crippen molar-refractivity contribution in [3.8, 4) is 0 Å². The lowest BCUT2D eigenvalue weighted by molar-refractivity contribution is 0.123. The first kappa shape index (κ1) is 17.4. The highest BCUT2D eigenvalue weighted by Crippen LogP contribution is 2.30. The maximum Gasteiger partial charge on any atom is 0.261 e.